The Morgan fingerprint density at radius 1 is 1.11 bits per heavy atom. The largest absolute Gasteiger partial charge is 0.497 e. The molecule has 0 aliphatic heterocycles. The summed E-state index contributed by atoms with van der Waals surface area (Å²) in [4.78, 5) is 25.0. The zero-order valence-electron chi connectivity index (χ0n) is 15.9. The highest BCUT2D eigenvalue weighted by molar-refractivity contribution is 5.81. The first-order valence-electron chi connectivity index (χ1n) is 8.61. The van der Waals surface area contributed by atoms with Crippen LogP contribution in [0.3, 0.4) is 0 Å². The number of amides is 1. The lowest BCUT2D eigenvalue weighted by Crippen LogP contribution is -2.34. The van der Waals surface area contributed by atoms with E-state index in [0.29, 0.717) is 11.5 Å². The van der Waals surface area contributed by atoms with Crippen LogP contribution in [-0.2, 0) is 18.4 Å². The molecule has 0 saturated heterocycles. The van der Waals surface area contributed by atoms with Gasteiger partial charge in [0.1, 0.15) is 18.0 Å². The van der Waals surface area contributed by atoms with E-state index in [1.165, 1.54) is 4.57 Å². The van der Waals surface area contributed by atoms with Crippen LogP contribution in [0.2, 0.25) is 0 Å². The quantitative estimate of drug-likeness (QED) is 0.723. The summed E-state index contributed by atoms with van der Waals surface area (Å²) in [6.45, 7) is 1.82. The molecule has 0 fully saturated rings. The van der Waals surface area contributed by atoms with Crippen LogP contribution >= 0.6 is 0 Å². The van der Waals surface area contributed by atoms with Crippen molar-refractivity contribution in [3.05, 3.63) is 58.5 Å². The highest BCUT2D eigenvalue weighted by Gasteiger charge is 2.17. The Labute approximate surface area is 157 Å². The predicted octanol–water partition coefficient (Wildman–Crippen LogP) is 2.23. The second kappa shape index (κ2) is 7.57. The average molecular weight is 369 g/mol. The Hall–Kier alpha value is -3.22. The summed E-state index contributed by atoms with van der Waals surface area (Å²) < 4.78 is 13.6. The van der Waals surface area contributed by atoms with Gasteiger partial charge in [-0.15, -0.1) is 0 Å². The number of nitrogens with zero attached hydrogens (tertiary/aromatic N) is 2. The molecule has 2 aromatic carbocycles. The number of aromatic nitrogens is 2. The van der Waals surface area contributed by atoms with E-state index < -0.39 is 0 Å². The van der Waals surface area contributed by atoms with Gasteiger partial charge in [0.25, 0.3) is 0 Å². The van der Waals surface area contributed by atoms with Gasteiger partial charge in [0.05, 0.1) is 31.3 Å². The summed E-state index contributed by atoms with van der Waals surface area (Å²) >= 11 is 0. The number of ether oxygens (including phenoxy) is 2. The standard InChI is InChI=1S/C20H23N3O4/c1-13(15-10-9-14(26-3)11-18(15)27-4)21-19(24)12-23-17-8-6-5-7-16(17)22(2)20(23)25/h5-11,13H,12H2,1-4H3,(H,21,24). The number of rotatable bonds is 6. The molecule has 1 heterocycles. The average Bonchev–Trinajstić information content (AvgIpc) is 2.92. The molecule has 1 unspecified atom stereocenters. The normalized spacial score (nSPS) is 12.0. The molecule has 1 N–H and O–H groups in total. The van der Waals surface area contributed by atoms with Gasteiger partial charge in [0.2, 0.25) is 5.91 Å². The van der Waals surface area contributed by atoms with Crippen molar-refractivity contribution in [2.45, 2.75) is 19.5 Å². The molecular weight excluding hydrogens is 346 g/mol. The van der Waals surface area contributed by atoms with Gasteiger partial charge in [-0.05, 0) is 31.2 Å². The number of aryl methyl sites for hydroxylation is 1. The number of imidazole rings is 1. The number of methoxy groups -OCH3 is 2. The molecule has 142 valence electrons. The number of benzene rings is 2. The van der Waals surface area contributed by atoms with Crippen LogP contribution in [0.25, 0.3) is 11.0 Å². The molecule has 7 nitrogen and oxygen atoms in total. The van der Waals surface area contributed by atoms with Crippen LogP contribution in [-0.4, -0.2) is 29.3 Å². The second-order valence-corrected chi connectivity index (χ2v) is 6.31. The van der Waals surface area contributed by atoms with Crippen LogP contribution in [0, 0.1) is 0 Å². The molecule has 1 aromatic heterocycles. The minimum absolute atomic E-state index is 0.0526. The SMILES string of the molecule is COc1ccc(C(C)NC(=O)Cn2c(=O)n(C)c3ccccc32)c(OC)c1. The van der Waals surface area contributed by atoms with Crippen LogP contribution < -0.4 is 20.5 Å². The Morgan fingerprint density at radius 2 is 1.81 bits per heavy atom. The molecule has 7 heteroatoms. The number of hydrogen-bond acceptors (Lipinski definition) is 4. The predicted molar refractivity (Wildman–Crippen MR) is 103 cm³/mol. The molecule has 0 aliphatic rings. The van der Waals surface area contributed by atoms with Gasteiger partial charge in [-0.1, -0.05) is 12.1 Å². The molecule has 0 spiro atoms. The number of hydrogen-bond donors (Lipinski definition) is 1. The van der Waals surface area contributed by atoms with Crippen molar-refractivity contribution in [3.63, 3.8) is 0 Å². The van der Waals surface area contributed by atoms with E-state index in [1.807, 2.05) is 43.3 Å². The topological polar surface area (TPSA) is 74.5 Å². The Kier molecular flexibility index (Phi) is 5.21. The zero-order valence-corrected chi connectivity index (χ0v) is 15.9. The molecule has 27 heavy (non-hydrogen) atoms. The summed E-state index contributed by atoms with van der Waals surface area (Å²) in [5, 5.41) is 2.93. The molecule has 0 bridgehead atoms. The van der Waals surface area contributed by atoms with Gasteiger partial charge in [-0.2, -0.15) is 0 Å². The number of carbonyl (C=O) groups excluding carboxylic acids is 1. The fourth-order valence-corrected chi connectivity index (χ4v) is 3.20. The highest BCUT2D eigenvalue weighted by atomic mass is 16.5. The van der Waals surface area contributed by atoms with Crippen molar-refractivity contribution in [1.82, 2.24) is 14.5 Å². The second-order valence-electron chi connectivity index (χ2n) is 6.31. The van der Waals surface area contributed by atoms with E-state index in [2.05, 4.69) is 5.32 Å². The van der Waals surface area contributed by atoms with Crippen molar-refractivity contribution in [1.29, 1.82) is 0 Å². The van der Waals surface area contributed by atoms with E-state index in [0.717, 1.165) is 16.6 Å². The summed E-state index contributed by atoms with van der Waals surface area (Å²) in [5.41, 5.74) is 2.13. The highest BCUT2D eigenvalue weighted by Crippen LogP contribution is 2.29. The lowest BCUT2D eigenvalue weighted by Gasteiger charge is -2.18. The van der Waals surface area contributed by atoms with Gasteiger partial charge >= 0.3 is 5.69 Å². The number of para-hydroxylation sites is 2. The van der Waals surface area contributed by atoms with Crippen molar-refractivity contribution in [2.75, 3.05) is 14.2 Å². The maximum absolute atomic E-state index is 12.6. The van der Waals surface area contributed by atoms with E-state index in [4.69, 9.17) is 9.47 Å². The fourth-order valence-electron chi connectivity index (χ4n) is 3.20. The first-order chi connectivity index (χ1) is 13.0. The molecular formula is C20H23N3O4. The van der Waals surface area contributed by atoms with Gasteiger partial charge in [0.15, 0.2) is 0 Å². The van der Waals surface area contributed by atoms with Crippen LogP contribution in [0.5, 0.6) is 11.5 Å². The summed E-state index contributed by atoms with van der Waals surface area (Å²) in [6.07, 6.45) is 0. The van der Waals surface area contributed by atoms with Gasteiger partial charge in [-0.3, -0.25) is 13.9 Å². The van der Waals surface area contributed by atoms with Crippen molar-refractivity contribution in [2.24, 2.45) is 7.05 Å². The summed E-state index contributed by atoms with van der Waals surface area (Å²) in [7, 11) is 4.86. The Bertz CT molecular complexity index is 1040. The van der Waals surface area contributed by atoms with E-state index in [1.54, 1.807) is 31.9 Å². The molecule has 1 atom stereocenters. The first kappa shape index (κ1) is 18.6. The molecule has 0 aliphatic carbocycles. The van der Waals surface area contributed by atoms with Gasteiger partial charge in [0, 0.05) is 18.7 Å². The van der Waals surface area contributed by atoms with Crippen molar-refractivity contribution < 1.29 is 14.3 Å². The molecule has 0 radical (unpaired) electrons. The lowest BCUT2D eigenvalue weighted by atomic mass is 10.1. The minimum Gasteiger partial charge on any atom is -0.497 e. The van der Waals surface area contributed by atoms with Crippen molar-refractivity contribution in [3.8, 4) is 11.5 Å². The van der Waals surface area contributed by atoms with Gasteiger partial charge < -0.3 is 14.8 Å². The van der Waals surface area contributed by atoms with E-state index in [9.17, 15) is 9.59 Å². The summed E-state index contributed by atoms with van der Waals surface area (Å²) in [6, 6.07) is 12.6. The van der Waals surface area contributed by atoms with E-state index in [-0.39, 0.29) is 24.2 Å². The number of carbonyl (C=O) groups is 1. The molecule has 0 saturated carbocycles. The van der Waals surface area contributed by atoms with Crippen LogP contribution in [0.15, 0.2) is 47.3 Å². The van der Waals surface area contributed by atoms with Crippen molar-refractivity contribution >= 4 is 16.9 Å². The fraction of sp³-hybridized carbons (Fsp3) is 0.300. The third-order valence-electron chi connectivity index (χ3n) is 4.64. The number of fused-ring (bicyclic) bond motifs is 1. The van der Waals surface area contributed by atoms with E-state index >= 15 is 0 Å². The number of nitrogens with one attached hydrogen (secondary N) is 1. The monoisotopic (exact) mass is 369 g/mol. The molecule has 3 rings (SSSR count). The van der Waals surface area contributed by atoms with Crippen LogP contribution in [0.1, 0.15) is 18.5 Å². The third kappa shape index (κ3) is 3.53. The van der Waals surface area contributed by atoms with Gasteiger partial charge in [-0.25, -0.2) is 4.79 Å². The first-order valence-corrected chi connectivity index (χ1v) is 8.61. The lowest BCUT2D eigenvalue weighted by molar-refractivity contribution is -0.122. The summed E-state index contributed by atoms with van der Waals surface area (Å²) in [5.74, 6) is 1.06. The Morgan fingerprint density at radius 3 is 2.48 bits per heavy atom. The smallest absolute Gasteiger partial charge is 0.329 e. The third-order valence-corrected chi connectivity index (χ3v) is 4.64. The Balaban J connectivity index is 1.81. The zero-order chi connectivity index (χ0) is 19.6. The van der Waals surface area contributed by atoms with Crippen LogP contribution in [0.4, 0.5) is 0 Å². The maximum Gasteiger partial charge on any atom is 0.329 e. The maximum atomic E-state index is 12.6. The molecule has 3 aromatic rings. The molecule has 1 amide bonds. The minimum atomic E-state index is -0.288.